The lowest BCUT2D eigenvalue weighted by atomic mass is 10.0. The van der Waals surface area contributed by atoms with E-state index in [-0.39, 0.29) is 35.2 Å². The van der Waals surface area contributed by atoms with Gasteiger partial charge < -0.3 is 9.84 Å². The molecule has 1 aliphatic rings. The highest BCUT2D eigenvalue weighted by molar-refractivity contribution is 7.89. The zero-order valence-electron chi connectivity index (χ0n) is 21.4. The summed E-state index contributed by atoms with van der Waals surface area (Å²) in [6.07, 6.45) is 0.804. The van der Waals surface area contributed by atoms with Crippen LogP contribution in [0.2, 0.25) is 0 Å². The highest BCUT2D eigenvalue weighted by Gasteiger charge is 2.39. The number of hydrogen-bond donors (Lipinski definition) is 1. The molecule has 11 heteroatoms. The average molecular weight is 553 g/mol. The van der Waals surface area contributed by atoms with E-state index in [0.29, 0.717) is 12.0 Å². The highest BCUT2D eigenvalue weighted by Crippen LogP contribution is 2.34. The first kappa shape index (κ1) is 29.1. The summed E-state index contributed by atoms with van der Waals surface area (Å²) in [5.41, 5.74) is 0.567. The molecule has 202 valence electrons. The number of sulfonamides is 2. The van der Waals surface area contributed by atoms with Gasteiger partial charge in [0.2, 0.25) is 20.0 Å². The second-order valence-electron chi connectivity index (χ2n) is 9.20. The molecule has 1 N–H and O–H groups in total. The summed E-state index contributed by atoms with van der Waals surface area (Å²) in [6.45, 7) is 4.86. The minimum Gasteiger partial charge on any atom is -0.487 e. The van der Waals surface area contributed by atoms with Gasteiger partial charge in [0.05, 0.1) is 18.0 Å². The Kier molecular flexibility index (Phi) is 9.37. The fraction of sp³-hybridized carbons (Fsp3) is 0.462. The normalized spacial score (nSPS) is 20.6. The van der Waals surface area contributed by atoms with Crippen LogP contribution in [0.3, 0.4) is 0 Å². The SMILES string of the molecule is CCCC#Cc1ccc2c(c1)O[C@H](CN(C)S(=O)(=O)c1cccc(F)c1)[C@H](C)CN([C@H](C)CO)S2(=O)=O. The standard InChI is InChI=1S/C26H33FN2O6S2/c1-5-6-7-9-21-12-13-26-24(14-21)35-25(19(2)16-29(20(3)18-30)37(26,33)34)17-28(4)36(31,32)23-11-8-10-22(27)15-23/h8,10-15,19-20,25,30H,5-6,16-18H2,1-4H3/t19-,20-,25-/m1/s1. The third kappa shape index (κ3) is 6.51. The minimum absolute atomic E-state index is 0.0000758. The molecule has 0 fully saturated rings. The molecule has 2 aromatic rings. The molecule has 8 nitrogen and oxygen atoms in total. The Morgan fingerprint density at radius 1 is 1.27 bits per heavy atom. The van der Waals surface area contributed by atoms with Gasteiger partial charge in [0, 0.05) is 37.5 Å². The molecule has 0 radical (unpaired) electrons. The van der Waals surface area contributed by atoms with Gasteiger partial charge in [0.15, 0.2) is 0 Å². The van der Waals surface area contributed by atoms with Gasteiger partial charge in [-0.25, -0.2) is 21.2 Å². The van der Waals surface area contributed by atoms with Crippen molar-refractivity contribution in [2.75, 3.05) is 26.7 Å². The van der Waals surface area contributed by atoms with E-state index in [4.69, 9.17) is 4.74 Å². The van der Waals surface area contributed by atoms with Gasteiger partial charge in [-0.3, -0.25) is 0 Å². The fourth-order valence-corrected chi connectivity index (χ4v) is 7.01. The fourth-order valence-electron chi connectivity index (χ4n) is 3.97. The maximum atomic E-state index is 13.7. The van der Waals surface area contributed by atoms with E-state index in [2.05, 4.69) is 11.8 Å². The second-order valence-corrected chi connectivity index (χ2v) is 13.1. The molecule has 0 bridgehead atoms. The van der Waals surface area contributed by atoms with E-state index in [0.717, 1.165) is 22.9 Å². The summed E-state index contributed by atoms with van der Waals surface area (Å²) < 4.78 is 75.6. The highest BCUT2D eigenvalue weighted by atomic mass is 32.2. The van der Waals surface area contributed by atoms with Crippen molar-refractivity contribution >= 4 is 20.0 Å². The molecule has 2 aromatic carbocycles. The summed E-state index contributed by atoms with van der Waals surface area (Å²) in [5.74, 6) is 4.95. The molecule has 3 rings (SSSR count). The maximum absolute atomic E-state index is 13.7. The molecule has 0 amide bonds. The van der Waals surface area contributed by atoms with Crippen LogP contribution in [0.4, 0.5) is 4.39 Å². The van der Waals surface area contributed by atoms with Crippen molar-refractivity contribution in [3.8, 4) is 17.6 Å². The van der Waals surface area contributed by atoms with E-state index in [1.54, 1.807) is 26.0 Å². The lowest BCUT2D eigenvalue weighted by molar-refractivity contribution is 0.0904. The van der Waals surface area contributed by atoms with Crippen molar-refractivity contribution in [2.24, 2.45) is 5.92 Å². The van der Waals surface area contributed by atoms with Crippen LogP contribution in [0.25, 0.3) is 0 Å². The van der Waals surface area contributed by atoms with Gasteiger partial charge in [-0.2, -0.15) is 8.61 Å². The van der Waals surface area contributed by atoms with Crippen LogP contribution < -0.4 is 4.74 Å². The number of nitrogens with zero attached hydrogens (tertiary/aromatic N) is 2. The Hall–Kier alpha value is -2.49. The van der Waals surface area contributed by atoms with Crippen molar-refractivity contribution in [1.29, 1.82) is 0 Å². The number of benzene rings is 2. The smallest absolute Gasteiger partial charge is 0.247 e. The van der Waals surface area contributed by atoms with Crippen LogP contribution in [0, 0.1) is 23.6 Å². The predicted octanol–water partition coefficient (Wildman–Crippen LogP) is 3.07. The van der Waals surface area contributed by atoms with E-state index < -0.39 is 43.9 Å². The molecule has 0 unspecified atom stereocenters. The number of rotatable bonds is 7. The molecule has 1 heterocycles. The predicted molar refractivity (Wildman–Crippen MR) is 138 cm³/mol. The Morgan fingerprint density at radius 3 is 2.65 bits per heavy atom. The number of hydrogen-bond acceptors (Lipinski definition) is 6. The van der Waals surface area contributed by atoms with Crippen molar-refractivity contribution in [3.05, 3.63) is 53.8 Å². The summed E-state index contributed by atoms with van der Waals surface area (Å²) in [7, 11) is -6.71. The summed E-state index contributed by atoms with van der Waals surface area (Å²) in [4.78, 5) is -0.276. The summed E-state index contributed by atoms with van der Waals surface area (Å²) in [6, 6.07) is 8.60. The zero-order chi connectivity index (χ0) is 27.4. The quantitative estimate of drug-likeness (QED) is 0.530. The Bertz CT molecular complexity index is 1390. The number of halogens is 1. The van der Waals surface area contributed by atoms with Gasteiger partial charge in [-0.15, -0.1) is 0 Å². The van der Waals surface area contributed by atoms with Gasteiger partial charge >= 0.3 is 0 Å². The number of likely N-dealkylation sites (N-methyl/N-ethyl adjacent to an activating group) is 1. The lowest BCUT2D eigenvalue weighted by Crippen LogP contribution is -2.50. The first-order valence-electron chi connectivity index (χ1n) is 12.1. The summed E-state index contributed by atoms with van der Waals surface area (Å²) >= 11 is 0. The van der Waals surface area contributed by atoms with Gasteiger partial charge in [-0.05, 0) is 49.7 Å². The van der Waals surface area contributed by atoms with Crippen molar-refractivity contribution < 1.29 is 31.1 Å². The van der Waals surface area contributed by atoms with Crippen LogP contribution in [0.15, 0.2) is 52.3 Å². The average Bonchev–Trinajstić information content (AvgIpc) is 2.85. The van der Waals surface area contributed by atoms with Crippen LogP contribution in [0.1, 0.15) is 39.2 Å². The molecule has 0 saturated heterocycles. The topological polar surface area (TPSA) is 104 Å². The van der Waals surface area contributed by atoms with E-state index >= 15 is 0 Å². The van der Waals surface area contributed by atoms with Crippen LogP contribution in [0.5, 0.6) is 5.75 Å². The number of fused-ring (bicyclic) bond motifs is 1. The van der Waals surface area contributed by atoms with Gasteiger partial charge in [-0.1, -0.05) is 31.8 Å². The Balaban J connectivity index is 2.05. The van der Waals surface area contributed by atoms with Crippen molar-refractivity contribution in [1.82, 2.24) is 8.61 Å². The lowest BCUT2D eigenvalue weighted by Gasteiger charge is -2.37. The first-order chi connectivity index (χ1) is 17.4. The first-order valence-corrected chi connectivity index (χ1v) is 14.9. The number of aliphatic hydroxyl groups excluding tert-OH is 1. The molecule has 0 aliphatic carbocycles. The maximum Gasteiger partial charge on any atom is 0.247 e. The van der Waals surface area contributed by atoms with Crippen LogP contribution in [-0.2, 0) is 20.0 Å². The summed E-state index contributed by atoms with van der Waals surface area (Å²) in [5, 5.41) is 9.77. The molecule has 1 aliphatic heterocycles. The number of ether oxygens (including phenoxy) is 1. The van der Waals surface area contributed by atoms with Crippen LogP contribution in [-0.4, -0.2) is 69.4 Å². The van der Waals surface area contributed by atoms with Gasteiger partial charge in [0.1, 0.15) is 22.6 Å². The molecular formula is C26H33FN2O6S2. The Morgan fingerprint density at radius 2 is 2.00 bits per heavy atom. The number of aliphatic hydroxyl groups is 1. The molecule has 0 aromatic heterocycles. The second kappa shape index (κ2) is 11.9. The van der Waals surface area contributed by atoms with Crippen molar-refractivity contribution in [3.63, 3.8) is 0 Å². The van der Waals surface area contributed by atoms with E-state index in [9.17, 15) is 26.3 Å². The molecule has 0 spiro atoms. The third-order valence-electron chi connectivity index (χ3n) is 6.22. The Labute approximate surface area is 219 Å². The van der Waals surface area contributed by atoms with Gasteiger partial charge in [0.25, 0.3) is 0 Å². The molecule has 37 heavy (non-hydrogen) atoms. The molecule has 0 saturated carbocycles. The minimum atomic E-state index is -4.04. The largest absolute Gasteiger partial charge is 0.487 e. The van der Waals surface area contributed by atoms with Crippen molar-refractivity contribution in [2.45, 2.75) is 55.5 Å². The monoisotopic (exact) mass is 552 g/mol. The van der Waals surface area contributed by atoms with E-state index in [1.165, 1.54) is 29.6 Å². The zero-order valence-corrected chi connectivity index (χ0v) is 23.0. The third-order valence-corrected chi connectivity index (χ3v) is 10.1. The number of unbranched alkanes of at least 4 members (excludes halogenated alkanes) is 1. The molecular weight excluding hydrogens is 519 g/mol. The van der Waals surface area contributed by atoms with E-state index in [1.807, 2.05) is 6.92 Å². The van der Waals surface area contributed by atoms with Crippen LogP contribution >= 0.6 is 0 Å². The molecule has 3 atom stereocenters.